The van der Waals surface area contributed by atoms with Crippen LogP contribution in [-0.4, -0.2) is 37.1 Å². The number of carbonyl (C=O) groups excluding carboxylic acids is 1. The summed E-state index contributed by atoms with van der Waals surface area (Å²) in [4.78, 5) is 14.6. The van der Waals surface area contributed by atoms with Crippen molar-refractivity contribution >= 4 is 5.91 Å². The molecule has 1 amide bonds. The van der Waals surface area contributed by atoms with Crippen molar-refractivity contribution in [2.75, 3.05) is 20.2 Å². The molecule has 1 aliphatic rings. The second-order valence-electron chi connectivity index (χ2n) is 5.65. The number of hydrogen-bond donors (Lipinski definition) is 0. The van der Waals surface area contributed by atoms with E-state index in [1.165, 1.54) is 0 Å². The minimum atomic E-state index is 0.00353. The molecule has 120 valence electrons. The maximum atomic E-state index is 12.8. The lowest BCUT2D eigenvalue weighted by Gasteiger charge is -2.33. The molecule has 23 heavy (non-hydrogen) atoms. The van der Waals surface area contributed by atoms with E-state index >= 15 is 0 Å². The number of piperidine rings is 1. The van der Waals surface area contributed by atoms with Crippen molar-refractivity contribution in [3.05, 3.63) is 60.2 Å². The van der Waals surface area contributed by atoms with Gasteiger partial charge in [-0.15, -0.1) is 0 Å². The van der Waals surface area contributed by atoms with Gasteiger partial charge in [-0.3, -0.25) is 4.79 Å². The van der Waals surface area contributed by atoms with Gasteiger partial charge in [0.1, 0.15) is 17.6 Å². The van der Waals surface area contributed by atoms with E-state index in [-0.39, 0.29) is 12.0 Å². The SMILES string of the molecule is COc1ccccc1C(=O)N1CCCC(Oc2ccccc2)C1. The topological polar surface area (TPSA) is 38.8 Å². The van der Waals surface area contributed by atoms with Crippen molar-refractivity contribution in [2.45, 2.75) is 18.9 Å². The van der Waals surface area contributed by atoms with Crippen LogP contribution in [-0.2, 0) is 0 Å². The van der Waals surface area contributed by atoms with Crippen LogP contribution in [0.2, 0.25) is 0 Å². The van der Waals surface area contributed by atoms with Crippen molar-refractivity contribution in [1.29, 1.82) is 0 Å². The normalized spacial score (nSPS) is 17.6. The van der Waals surface area contributed by atoms with Crippen molar-refractivity contribution in [3.63, 3.8) is 0 Å². The van der Waals surface area contributed by atoms with E-state index in [2.05, 4.69) is 0 Å². The van der Waals surface area contributed by atoms with E-state index in [0.717, 1.165) is 25.1 Å². The largest absolute Gasteiger partial charge is 0.496 e. The number of amides is 1. The van der Waals surface area contributed by atoms with E-state index < -0.39 is 0 Å². The average molecular weight is 311 g/mol. The zero-order chi connectivity index (χ0) is 16.1. The summed E-state index contributed by atoms with van der Waals surface area (Å²) in [5.41, 5.74) is 0.607. The van der Waals surface area contributed by atoms with Gasteiger partial charge >= 0.3 is 0 Å². The molecular weight excluding hydrogens is 290 g/mol. The number of methoxy groups -OCH3 is 1. The Hall–Kier alpha value is -2.49. The number of nitrogens with zero attached hydrogens (tertiary/aromatic N) is 1. The van der Waals surface area contributed by atoms with Gasteiger partial charge in [0.2, 0.25) is 0 Å². The van der Waals surface area contributed by atoms with Gasteiger partial charge in [0.25, 0.3) is 5.91 Å². The van der Waals surface area contributed by atoms with Crippen molar-refractivity contribution < 1.29 is 14.3 Å². The van der Waals surface area contributed by atoms with Gasteiger partial charge in [-0.2, -0.15) is 0 Å². The third-order valence-corrected chi connectivity index (χ3v) is 4.05. The van der Waals surface area contributed by atoms with Crippen LogP contribution in [0.1, 0.15) is 23.2 Å². The third-order valence-electron chi connectivity index (χ3n) is 4.05. The Morgan fingerprint density at radius 2 is 1.83 bits per heavy atom. The first-order valence-corrected chi connectivity index (χ1v) is 7.92. The summed E-state index contributed by atoms with van der Waals surface area (Å²) >= 11 is 0. The molecular formula is C19H21NO3. The van der Waals surface area contributed by atoms with Gasteiger partial charge in [-0.25, -0.2) is 0 Å². The Morgan fingerprint density at radius 3 is 2.61 bits per heavy atom. The highest BCUT2D eigenvalue weighted by Crippen LogP contribution is 2.23. The summed E-state index contributed by atoms with van der Waals surface area (Å²) in [6.07, 6.45) is 1.94. The molecule has 0 N–H and O–H groups in total. The number of likely N-dealkylation sites (tertiary alicyclic amines) is 1. The predicted octanol–water partition coefficient (Wildman–Crippen LogP) is 3.38. The molecule has 3 rings (SSSR count). The zero-order valence-electron chi connectivity index (χ0n) is 13.3. The lowest BCUT2D eigenvalue weighted by Crippen LogP contribution is -2.44. The molecule has 0 aromatic heterocycles. The smallest absolute Gasteiger partial charge is 0.257 e. The first-order chi connectivity index (χ1) is 11.3. The number of ether oxygens (including phenoxy) is 2. The molecule has 1 fully saturated rings. The van der Waals surface area contributed by atoms with Gasteiger partial charge in [0.05, 0.1) is 19.2 Å². The fourth-order valence-electron chi connectivity index (χ4n) is 2.90. The Labute approximate surface area is 136 Å². The van der Waals surface area contributed by atoms with Gasteiger partial charge in [0, 0.05) is 6.54 Å². The summed E-state index contributed by atoms with van der Waals surface area (Å²) in [5, 5.41) is 0. The Balaban J connectivity index is 1.69. The van der Waals surface area contributed by atoms with E-state index in [9.17, 15) is 4.79 Å². The number of carbonyl (C=O) groups is 1. The number of para-hydroxylation sites is 2. The molecule has 1 atom stereocenters. The lowest BCUT2D eigenvalue weighted by atomic mass is 10.1. The highest BCUT2D eigenvalue weighted by atomic mass is 16.5. The van der Waals surface area contributed by atoms with Crippen LogP contribution in [0.15, 0.2) is 54.6 Å². The third kappa shape index (κ3) is 3.65. The van der Waals surface area contributed by atoms with Gasteiger partial charge < -0.3 is 14.4 Å². The van der Waals surface area contributed by atoms with Crippen LogP contribution >= 0.6 is 0 Å². The Kier molecular flexibility index (Phi) is 4.81. The molecule has 0 saturated carbocycles. The van der Waals surface area contributed by atoms with E-state index in [1.807, 2.05) is 59.5 Å². The maximum Gasteiger partial charge on any atom is 0.257 e. The predicted molar refractivity (Wildman–Crippen MR) is 89.0 cm³/mol. The second kappa shape index (κ2) is 7.18. The number of hydrogen-bond acceptors (Lipinski definition) is 3. The van der Waals surface area contributed by atoms with Crippen LogP contribution in [0.4, 0.5) is 0 Å². The summed E-state index contributed by atoms with van der Waals surface area (Å²) in [7, 11) is 1.59. The second-order valence-corrected chi connectivity index (χ2v) is 5.65. The minimum absolute atomic E-state index is 0.00353. The van der Waals surface area contributed by atoms with Crippen molar-refractivity contribution in [1.82, 2.24) is 4.90 Å². The molecule has 1 heterocycles. The molecule has 4 nitrogen and oxygen atoms in total. The quantitative estimate of drug-likeness (QED) is 0.869. The van der Waals surface area contributed by atoms with Crippen molar-refractivity contribution in [3.8, 4) is 11.5 Å². The maximum absolute atomic E-state index is 12.8. The Bertz CT molecular complexity index is 657. The van der Waals surface area contributed by atoms with E-state index in [0.29, 0.717) is 17.9 Å². The molecule has 1 unspecified atom stereocenters. The summed E-state index contributed by atoms with van der Waals surface area (Å²) in [6.45, 7) is 1.36. The molecule has 0 radical (unpaired) electrons. The molecule has 1 aliphatic heterocycles. The first kappa shape index (κ1) is 15.4. The Morgan fingerprint density at radius 1 is 1.09 bits per heavy atom. The molecule has 4 heteroatoms. The van der Waals surface area contributed by atoms with E-state index in [4.69, 9.17) is 9.47 Å². The van der Waals surface area contributed by atoms with E-state index in [1.54, 1.807) is 7.11 Å². The molecule has 0 spiro atoms. The molecule has 2 aromatic rings. The number of rotatable bonds is 4. The molecule has 0 bridgehead atoms. The first-order valence-electron chi connectivity index (χ1n) is 7.92. The fraction of sp³-hybridized carbons (Fsp3) is 0.316. The van der Waals surface area contributed by atoms with Crippen LogP contribution in [0.3, 0.4) is 0 Å². The fourth-order valence-corrected chi connectivity index (χ4v) is 2.90. The lowest BCUT2D eigenvalue weighted by molar-refractivity contribution is 0.0535. The summed E-state index contributed by atoms with van der Waals surface area (Å²) in [5.74, 6) is 1.47. The van der Waals surface area contributed by atoms with Crippen LogP contribution < -0.4 is 9.47 Å². The van der Waals surface area contributed by atoms with Crippen LogP contribution in [0.5, 0.6) is 11.5 Å². The highest BCUT2D eigenvalue weighted by Gasteiger charge is 2.27. The van der Waals surface area contributed by atoms with Crippen LogP contribution in [0.25, 0.3) is 0 Å². The average Bonchev–Trinajstić information content (AvgIpc) is 2.62. The van der Waals surface area contributed by atoms with Gasteiger partial charge in [-0.1, -0.05) is 30.3 Å². The molecule has 0 aliphatic carbocycles. The summed E-state index contributed by atoms with van der Waals surface area (Å²) in [6, 6.07) is 17.1. The van der Waals surface area contributed by atoms with Crippen LogP contribution in [0, 0.1) is 0 Å². The highest BCUT2D eigenvalue weighted by molar-refractivity contribution is 5.97. The zero-order valence-corrected chi connectivity index (χ0v) is 13.3. The minimum Gasteiger partial charge on any atom is -0.496 e. The standard InChI is InChI=1S/C19H21NO3/c1-22-18-12-6-5-11-17(18)19(21)20-13-7-10-16(14-20)23-15-8-3-2-4-9-15/h2-6,8-9,11-12,16H,7,10,13-14H2,1H3. The summed E-state index contributed by atoms with van der Waals surface area (Å²) < 4.78 is 11.3. The molecule has 2 aromatic carbocycles. The monoisotopic (exact) mass is 311 g/mol. The molecule has 1 saturated heterocycles. The number of benzene rings is 2. The van der Waals surface area contributed by atoms with Crippen molar-refractivity contribution in [2.24, 2.45) is 0 Å². The van der Waals surface area contributed by atoms with Gasteiger partial charge in [0.15, 0.2) is 0 Å². The van der Waals surface area contributed by atoms with Gasteiger partial charge in [-0.05, 0) is 37.1 Å².